The van der Waals surface area contributed by atoms with Crippen LogP contribution < -0.4 is 10.6 Å². The Morgan fingerprint density at radius 3 is 2.55 bits per heavy atom. The number of nitrogens with one attached hydrogen (secondary N) is 2. The first kappa shape index (κ1) is 14.5. The Morgan fingerprint density at radius 1 is 1.15 bits per heavy atom. The maximum absolute atomic E-state index is 13.0. The topological polar surface area (TPSA) is 41.1 Å². The molecule has 2 N–H and O–H groups in total. The number of carbonyl (C=O) groups excluding carboxylic acids is 1. The quantitative estimate of drug-likeness (QED) is 0.808. The molecule has 0 saturated carbocycles. The van der Waals surface area contributed by atoms with Crippen LogP contribution in [0.4, 0.5) is 20.6 Å². The van der Waals surface area contributed by atoms with Crippen LogP contribution in [-0.2, 0) is 0 Å². The van der Waals surface area contributed by atoms with Gasteiger partial charge in [0.15, 0.2) is 0 Å². The van der Waals surface area contributed by atoms with Gasteiger partial charge in [-0.3, -0.25) is 0 Å². The normalized spacial score (nSPS) is 10.2. The van der Waals surface area contributed by atoms with Gasteiger partial charge in [0.1, 0.15) is 5.82 Å². The Kier molecular flexibility index (Phi) is 4.39. The van der Waals surface area contributed by atoms with Gasteiger partial charge in [0, 0.05) is 10.2 Å². The van der Waals surface area contributed by atoms with Gasteiger partial charge >= 0.3 is 6.03 Å². The molecule has 20 heavy (non-hydrogen) atoms. The molecule has 0 radical (unpaired) electrons. The van der Waals surface area contributed by atoms with Gasteiger partial charge in [-0.25, -0.2) is 9.18 Å². The Hall–Kier alpha value is -1.88. The van der Waals surface area contributed by atoms with Crippen molar-refractivity contribution in [3.05, 3.63) is 57.8 Å². The molecule has 0 aliphatic carbocycles. The Labute approximate surface area is 125 Å². The summed E-state index contributed by atoms with van der Waals surface area (Å²) in [6.45, 7) is 3.89. The van der Waals surface area contributed by atoms with Crippen molar-refractivity contribution < 1.29 is 9.18 Å². The van der Waals surface area contributed by atoms with Crippen molar-refractivity contribution in [3.63, 3.8) is 0 Å². The molecule has 104 valence electrons. The molecule has 0 bridgehead atoms. The fourth-order valence-electron chi connectivity index (χ4n) is 1.92. The van der Waals surface area contributed by atoms with Crippen molar-refractivity contribution in [2.45, 2.75) is 13.8 Å². The van der Waals surface area contributed by atoms with Crippen LogP contribution in [0.15, 0.2) is 40.9 Å². The van der Waals surface area contributed by atoms with Gasteiger partial charge in [0.25, 0.3) is 0 Å². The third kappa shape index (κ3) is 3.57. The van der Waals surface area contributed by atoms with Crippen LogP contribution in [0.2, 0.25) is 0 Å². The summed E-state index contributed by atoms with van der Waals surface area (Å²) >= 11 is 3.42. The Bertz CT molecular complexity index is 635. The molecule has 0 aromatic heterocycles. The standard InChI is InChI=1S/C15H14BrFN2O/c1-9-6-10(2)14(13(16)7-9)19-15(20)18-12-5-3-4-11(17)8-12/h3-8H,1-2H3,(H2,18,19,20). The van der Waals surface area contributed by atoms with Crippen molar-refractivity contribution in [1.29, 1.82) is 0 Å². The third-order valence-corrected chi connectivity index (χ3v) is 3.38. The second-order valence-corrected chi connectivity index (χ2v) is 5.38. The van der Waals surface area contributed by atoms with Gasteiger partial charge in [0.05, 0.1) is 5.69 Å². The molecule has 2 aromatic carbocycles. The summed E-state index contributed by atoms with van der Waals surface area (Å²) in [6, 6.07) is 9.23. The molecule has 2 rings (SSSR count). The van der Waals surface area contributed by atoms with E-state index in [2.05, 4.69) is 26.6 Å². The summed E-state index contributed by atoms with van der Waals surface area (Å²) in [6.07, 6.45) is 0. The summed E-state index contributed by atoms with van der Waals surface area (Å²) in [5, 5.41) is 5.34. The van der Waals surface area contributed by atoms with E-state index >= 15 is 0 Å². The number of carbonyl (C=O) groups is 1. The molecule has 0 saturated heterocycles. The van der Waals surface area contributed by atoms with Gasteiger partial charge < -0.3 is 10.6 Å². The SMILES string of the molecule is Cc1cc(C)c(NC(=O)Nc2cccc(F)c2)c(Br)c1. The number of hydrogen-bond acceptors (Lipinski definition) is 1. The van der Waals surface area contributed by atoms with Gasteiger partial charge in [-0.15, -0.1) is 0 Å². The maximum Gasteiger partial charge on any atom is 0.323 e. The molecule has 2 aromatic rings. The number of rotatable bonds is 2. The van der Waals surface area contributed by atoms with Gasteiger partial charge in [-0.1, -0.05) is 12.1 Å². The van der Waals surface area contributed by atoms with Crippen LogP contribution in [0.3, 0.4) is 0 Å². The van der Waals surface area contributed by atoms with Crippen LogP contribution in [0.5, 0.6) is 0 Å². The molecule has 0 atom stereocenters. The average Bonchev–Trinajstić information content (AvgIpc) is 2.33. The molecular formula is C15H14BrFN2O. The zero-order valence-electron chi connectivity index (χ0n) is 11.1. The zero-order chi connectivity index (χ0) is 14.7. The fraction of sp³-hybridized carbons (Fsp3) is 0.133. The highest BCUT2D eigenvalue weighted by molar-refractivity contribution is 9.10. The third-order valence-electron chi connectivity index (χ3n) is 2.75. The number of hydrogen-bond donors (Lipinski definition) is 2. The lowest BCUT2D eigenvalue weighted by molar-refractivity contribution is 0.262. The number of benzene rings is 2. The van der Waals surface area contributed by atoms with Crippen LogP contribution >= 0.6 is 15.9 Å². The number of halogens is 2. The van der Waals surface area contributed by atoms with Gasteiger partial charge in [0.2, 0.25) is 0 Å². The van der Waals surface area contributed by atoms with Crippen molar-refractivity contribution in [2.24, 2.45) is 0 Å². The van der Waals surface area contributed by atoms with E-state index in [0.717, 1.165) is 15.6 Å². The number of aryl methyl sites for hydroxylation is 2. The monoisotopic (exact) mass is 336 g/mol. The summed E-state index contributed by atoms with van der Waals surface area (Å²) in [4.78, 5) is 11.9. The predicted molar refractivity (Wildman–Crippen MR) is 82.7 cm³/mol. The van der Waals surface area contributed by atoms with Gasteiger partial charge in [-0.05, 0) is 65.2 Å². The summed E-state index contributed by atoms with van der Waals surface area (Å²) in [5.41, 5.74) is 3.16. The highest BCUT2D eigenvalue weighted by Crippen LogP contribution is 2.27. The summed E-state index contributed by atoms with van der Waals surface area (Å²) in [7, 11) is 0. The lowest BCUT2D eigenvalue weighted by Crippen LogP contribution is -2.20. The first-order valence-corrected chi connectivity index (χ1v) is 6.85. The molecule has 5 heteroatoms. The molecule has 0 fully saturated rings. The zero-order valence-corrected chi connectivity index (χ0v) is 12.7. The molecule has 3 nitrogen and oxygen atoms in total. The molecule has 2 amide bonds. The minimum absolute atomic E-state index is 0.393. The molecule has 0 spiro atoms. The van der Waals surface area contributed by atoms with E-state index < -0.39 is 11.8 Å². The molecule has 0 aliphatic rings. The molecule has 0 heterocycles. The lowest BCUT2D eigenvalue weighted by atomic mass is 10.1. The van der Waals surface area contributed by atoms with Crippen molar-refractivity contribution >= 4 is 33.3 Å². The minimum atomic E-state index is -0.414. The van der Waals surface area contributed by atoms with Gasteiger partial charge in [-0.2, -0.15) is 0 Å². The van der Waals surface area contributed by atoms with Crippen molar-refractivity contribution in [1.82, 2.24) is 0 Å². The summed E-state index contributed by atoms with van der Waals surface area (Å²) in [5.74, 6) is -0.393. The minimum Gasteiger partial charge on any atom is -0.308 e. The molecule has 0 unspecified atom stereocenters. The van der Waals surface area contributed by atoms with E-state index in [9.17, 15) is 9.18 Å². The van der Waals surface area contributed by atoms with Crippen molar-refractivity contribution in [2.75, 3.05) is 10.6 Å². The fourth-order valence-corrected chi connectivity index (χ4v) is 2.69. The number of amides is 2. The predicted octanol–water partition coefficient (Wildman–Crippen LogP) is 4.85. The average molecular weight is 337 g/mol. The number of anilines is 2. The second-order valence-electron chi connectivity index (χ2n) is 4.53. The second kappa shape index (κ2) is 6.05. The van der Waals surface area contributed by atoms with E-state index in [4.69, 9.17) is 0 Å². The first-order chi connectivity index (χ1) is 9.45. The highest BCUT2D eigenvalue weighted by atomic mass is 79.9. The van der Waals surface area contributed by atoms with E-state index in [-0.39, 0.29) is 0 Å². The largest absolute Gasteiger partial charge is 0.323 e. The van der Waals surface area contributed by atoms with Crippen LogP contribution in [0, 0.1) is 19.7 Å². The van der Waals surface area contributed by atoms with Crippen LogP contribution in [0.1, 0.15) is 11.1 Å². The van der Waals surface area contributed by atoms with E-state index in [1.54, 1.807) is 6.07 Å². The van der Waals surface area contributed by atoms with Crippen molar-refractivity contribution in [3.8, 4) is 0 Å². The van der Waals surface area contributed by atoms with E-state index in [1.807, 2.05) is 26.0 Å². The lowest BCUT2D eigenvalue weighted by Gasteiger charge is -2.12. The molecule has 0 aliphatic heterocycles. The smallest absolute Gasteiger partial charge is 0.308 e. The molecular weight excluding hydrogens is 323 g/mol. The highest BCUT2D eigenvalue weighted by Gasteiger charge is 2.09. The maximum atomic E-state index is 13.0. The Balaban J connectivity index is 2.13. The Morgan fingerprint density at radius 2 is 1.90 bits per heavy atom. The van der Waals surface area contributed by atoms with E-state index in [1.165, 1.54) is 18.2 Å². The van der Waals surface area contributed by atoms with Crippen LogP contribution in [0.25, 0.3) is 0 Å². The number of urea groups is 1. The first-order valence-electron chi connectivity index (χ1n) is 6.06. The van der Waals surface area contributed by atoms with Crippen LogP contribution in [-0.4, -0.2) is 6.03 Å². The van der Waals surface area contributed by atoms with E-state index in [0.29, 0.717) is 11.4 Å². The summed E-state index contributed by atoms with van der Waals surface area (Å²) < 4.78 is 13.8.